The molecule has 0 spiro atoms. The van der Waals surface area contributed by atoms with E-state index in [2.05, 4.69) is 0 Å². The van der Waals surface area contributed by atoms with Gasteiger partial charge in [0.25, 0.3) is 11.6 Å². The summed E-state index contributed by atoms with van der Waals surface area (Å²) in [5.74, 6) is -0.938. The van der Waals surface area contributed by atoms with Gasteiger partial charge in [-0.1, -0.05) is 29.8 Å². The van der Waals surface area contributed by atoms with E-state index in [1.807, 2.05) is 31.2 Å². The summed E-state index contributed by atoms with van der Waals surface area (Å²) in [7, 11) is 1.65. The monoisotopic (exact) mass is 398 g/mol. The first-order valence-corrected chi connectivity index (χ1v) is 9.30. The first-order valence-electron chi connectivity index (χ1n) is 8.48. The second kappa shape index (κ2) is 8.18. The second-order valence-electron chi connectivity index (χ2n) is 6.40. The smallest absolute Gasteiger partial charge is 0.348 e. The Morgan fingerprint density at radius 1 is 1.14 bits per heavy atom. The van der Waals surface area contributed by atoms with E-state index in [1.54, 1.807) is 13.1 Å². The molecule has 0 N–H and O–H groups in total. The molecule has 28 heavy (non-hydrogen) atoms. The molecule has 3 rings (SSSR count). The number of ether oxygens (including phenoxy) is 1. The fourth-order valence-corrected chi connectivity index (χ4v) is 3.55. The number of esters is 1. The highest BCUT2D eigenvalue weighted by atomic mass is 32.1. The summed E-state index contributed by atoms with van der Waals surface area (Å²) in [6.45, 7) is 2.04. The molecular formula is C20H18N2O5S. The number of likely N-dealkylation sites (N-methyl/N-ethyl adjacent to an activating group) is 1. The van der Waals surface area contributed by atoms with E-state index in [-0.39, 0.29) is 18.2 Å². The topological polar surface area (TPSA) is 89.8 Å². The van der Waals surface area contributed by atoms with E-state index in [1.165, 1.54) is 34.4 Å². The van der Waals surface area contributed by atoms with Gasteiger partial charge in [-0.3, -0.25) is 14.9 Å². The van der Waals surface area contributed by atoms with Crippen molar-refractivity contribution in [3.05, 3.63) is 74.6 Å². The van der Waals surface area contributed by atoms with E-state index in [0.717, 1.165) is 15.8 Å². The summed E-state index contributed by atoms with van der Waals surface area (Å²) in [5, 5.41) is 11.4. The summed E-state index contributed by atoms with van der Waals surface area (Å²) in [6.07, 6.45) is 0. The molecule has 1 aromatic heterocycles. The van der Waals surface area contributed by atoms with Gasteiger partial charge in [-0.25, -0.2) is 4.79 Å². The van der Waals surface area contributed by atoms with Gasteiger partial charge in [-0.2, -0.15) is 0 Å². The number of fused-ring (bicyclic) bond motifs is 1. The molecule has 0 aliphatic heterocycles. The third kappa shape index (κ3) is 4.52. The molecule has 0 radical (unpaired) electrons. The zero-order chi connectivity index (χ0) is 20.3. The van der Waals surface area contributed by atoms with Crippen LogP contribution in [0.15, 0.2) is 48.5 Å². The van der Waals surface area contributed by atoms with Crippen molar-refractivity contribution in [3.63, 3.8) is 0 Å². The van der Waals surface area contributed by atoms with Crippen LogP contribution in [0.25, 0.3) is 10.1 Å². The minimum Gasteiger partial charge on any atom is -0.451 e. The number of carbonyl (C=O) groups is 2. The summed E-state index contributed by atoms with van der Waals surface area (Å²) in [5.41, 5.74) is 2.08. The summed E-state index contributed by atoms with van der Waals surface area (Å²) < 4.78 is 5.86. The molecule has 0 saturated carbocycles. The number of hydrogen-bond donors (Lipinski definition) is 0. The van der Waals surface area contributed by atoms with Gasteiger partial charge < -0.3 is 9.64 Å². The fraction of sp³-hybridized carbons (Fsp3) is 0.200. The van der Waals surface area contributed by atoms with E-state index in [0.29, 0.717) is 16.8 Å². The highest BCUT2D eigenvalue weighted by Gasteiger charge is 2.17. The molecule has 0 unspecified atom stereocenters. The average molecular weight is 398 g/mol. The SMILES string of the molecule is Cc1ccc(CN(C)C(=O)COC(=O)c2cc3cc([N+](=O)[O-])ccc3s2)cc1. The van der Waals surface area contributed by atoms with Crippen molar-refractivity contribution >= 4 is 39.0 Å². The normalized spacial score (nSPS) is 10.6. The molecule has 0 aliphatic carbocycles. The third-order valence-electron chi connectivity index (χ3n) is 4.20. The van der Waals surface area contributed by atoms with Crippen LogP contribution in [-0.4, -0.2) is 35.4 Å². The maximum atomic E-state index is 12.2. The van der Waals surface area contributed by atoms with Crippen LogP contribution in [0.4, 0.5) is 5.69 Å². The highest BCUT2D eigenvalue weighted by molar-refractivity contribution is 7.20. The quantitative estimate of drug-likeness (QED) is 0.356. The Morgan fingerprint density at radius 2 is 1.86 bits per heavy atom. The Bertz CT molecular complexity index is 1040. The van der Waals surface area contributed by atoms with Crippen LogP contribution >= 0.6 is 11.3 Å². The predicted molar refractivity (Wildman–Crippen MR) is 106 cm³/mol. The number of benzene rings is 2. The molecule has 8 heteroatoms. The zero-order valence-corrected chi connectivity index (χ0v) is 16.2. The number of aryl methyl sites for hydroxylation is 1. The number of non-ortho nitro benzene ring substituents is 1. The molecule has 0 aliphatic rings. The Labute approximate surface area is 165 Å². The molecule has 3 aromatic rings. The van der Waals surface area contributed by atoms with Crippen LogP contribution in [0, 0.1) is 17.0 Å². The summed E-state index contributed by atoms with van der Waals surface area (Å²) in [4.78, 5) is 36.6. The van der Waals surface area contributed by atoms with Crippen LogP contribution in [0.1, 0.15) is 20.8 Å². The number of carbonyl (C=O) groups excluding carboxylic acids is 2. The number of rotatable bonds is 6. The largest absolute Gasteiger partial charge is 0.451 e. The molecule has 0 bridgehead atoms. The number of nitrogens with zero attached hydrogens (tertiary/aromatic N) is 2. The molecule has 0 atom stereocenters. The zero-order valence-electron chi connectivity index (χ0n) is 15.4. The maximum Gasteiger partial charge on any atom is 0.348 e. The first kappa shape index (κ1) is 19.5. The van der Waals surface area contributed by atoms with Crippen LogP contribution in [0.2, 0.25) is 0 Å². The molecule has 2 aromatic carbocycles. The van der Waals surface area contributed by atoms with Gasteiger partial charge in [0.1, 0.15) is 4.88 Å². The minimum absolute atomic E-state index is 0.0434. The molecule has 1 amide bonds. The van der Waals surface area contributed by atoms with E-state index < -0.39 is 10.9 Å². The van der Waals surface area contributed by atoms with Crippen LogP contribution in [0.5, 0.6) is 0 Å². The average Bonchev–Trinajstić information content (AvgIpc) is 3.10. The first-order chi connectivity index (χ1) is 13.3. The van der Waals surface area contributed by atoms with Gasteiger partial charge in [0.05, 0.1) is 4.92 Å². The summed E-state index contributed by atoms with van der Waals surface area (Å²) >= 11 is 1.17. The van der Waals surface area contributed by atoms with Gasteiger partial charge in [-0.05, 0) is 24.6 Å². The van der Waals surface area contributed by atoms with Gasteiger partial charge in [0.2, 0.25) is 0 Å². The van der Waals surface area contributed by atoms with Crippen molar-refractivity contribution in [2.24, 2.45) is 0 Å². The number of nitro groups is 1. The third-order valence-corrected chi connectivity index (χ3v) is 5.30. The Morgan fingerprint density at radius 3 is 2.54 bits per heavy atom. The molecule has 0 fully saturated rings. The number of hydrogen-bond acceptors (Lipinski definition) is 6. The standard InChI is InChI=1S/C20H18N2O5S/c1-13-3-5-14(6-4-13)11-21(2)19(23)12-27-20(24)18-10-15-9-16(22(25)26)7-8-17(15)28-18/h3-10H,11-12H2,1-2H3. The van der Waals surface area contributed by atoms with Crippen LogP contribution in [-0.2, 0) is 16.1 Å². The Balaban J connectivity index is 1.59. The van der Waals surface area contributed by atoms with Crippen LogP contribution in [0.3, 0.4) is 0 Å². The van der Waals surface area contributed by atoms with Crippen molar-refractivity contribution < 1.29 is 19.2 Å². The number of nitro benzene ring substituents is 1. The highest BCUT2D eigenvalue weighted by Crippen LogP contribution is 2.29. The van der Waals surface area contributed by atoms with Crippen molar-refractivity contribution in [2.45, 2.75) is 13.5 Å². The number of amides is 1. The molecule has 1 heterocycles. The summed E-state index contributed by atoms with van der Waals surface area (Å²) in [6, 6.07) is 13.8. The van der Waals surface area contributed by atoms with E-state index in [9.17, 15) is 19.7 Å². The lowest BCUT2D eigenvalue weighted by molar-refractivity contribution is -0.384. The van der Waals surface area contributed by atoms with E-state index >= 15 is 0 Å². The van der Waals surface area contributed by atoms with Crippen molar-refractivity contribution in [3.8, 4) is 0 Å². The lowest BCUT2D eigenvalue weighted by Crippen LogP contribution is -2.30. The van der Waals surface area contributed by atoms with Crippen LogP contribution < -0.4 is 0 Å². The molecule has 144 valence electrons. The predicted octanol–water partition coefficient (Wildman–Crippen LogP) is 3.93. The Kier molecular flexibility index (Phi) is 5.70. The van der Waals surface area contributed by atoms with Gasteiger partial charge in [-0.15, -0.1) is 11.3 Å². The van der Waals surface area contributed by atoms with Crippen molar-refractivity contribution in [2.75, 3.05) is 13.7 Å². The van der Waals surface area contributed by atoms with Crippen molar-refractivity contribution in [1.82, 2.24) is 4.90 Å². The lowest BCUT2D eigenvalue weighted by atomic mass is 10.1. The molecule has 7 nitrogen and oxygen atoms in total. The lowest BCUT2D eigenvalue weighted by Gasteiger charge is -2.17. The number of thiophene rings is 1. The van der Waals surface area contributed by atoms with Crippen molar-refractivity contribution in [1.29, 1.82) is 0 Å². The second-order valence-corrected chi connectivity index (χ2v) is 7.49. The maximum absolute atomic E-state index is 12.2. The van der Waals surface area contributed by atoms with Gasteiger partial charge in [0.15, 0.2) is 6.61 Å². The van der Waals surface area contributed by atoms with Gasteiger partial charge in [0, 0.05) is 35.8 Å². The Hall–Kier alpha value is -3.26. The van der Waals surface area contributed by atoms with E-state index in [4.69, 9.17) is 4.74 Å². The van der Waals surface area contributed by atoms with Gasteiger partial charge >= 0.3 is 5.97 Å². The molecular weight excluding hydrogens is 380 g/mol. The molecule has 0 saturated heterocycles. The minimum atomic E-state index is -0.624. The fourth-order valence-electron chi connectivity index (χ4n) is 2.61.